The SMILES string of the molecule is C[N+](C)(C)C.Cc1cc(C(C)(C)C)c([O-])c(C(C)(C)C)c1. The van der Waals surface area contributed by atoms with Gasteiger partial charge in [0.05, 0.1) is 28.2 Å². The van der Waals surface area contributed by atoms with Crippen LogP contribution in [-0.4, -0.2) is 32.7 Å². The Morgan fingerprint density at radius 3 is 1.19 bits per heavy atom. The summed E-state index contributed by atoms with van der Waals surface area (Å²) in [6.07, 6.45) is 0. The molecule has 0 atom stereocenters. The highest BCUT2D eigenvalue weighted by Crippen LogP contribution is 2.37. The van der Waals surface area contributed by atoms with Crippen LogP contribution in [0.15, 0.2) is 12.1 Å². The van der Waals surface area contributed by atoms with Crippen LogP contribution in [0.5, 0.6) is 5.75 Å². The maximum absolute atomic E-state index is 12.4. The van der Waals surface area contributed by atoms with Crippen molar-refractivity contribution >= 4 is 0 Å². The highest BCUT2D eigenvalue weighted by Gasteiger charge is 2.21. The second kappa shape index (κ2) is 6.39. The zero-order valence-electron chi connectivity index (χ0n) is 16.0. The number of hydrogen-bond acceptors (Lipinski definition) is 1. The van der Waals surface area contributed by atoms with Crippen molar-refractivity contribution in [1.82, 2.24) is 0 Å². The lowest BCUT2D eigenvalue weighted by Gasteiger charge is -2.33. The van der Waals surface area contributed by atoms with Crippen LogP contribution in [0.25, 0.3) is 0 Å². The van der Waals surface area contributed by atoms with Gasteiger partial charge < -0.3 is 9.59 Å². The van der Waals surface area contributed by atoms with Gasteiger partial charge in [0.25, 0.3) is 0 Å². The van der Waals surface area contributed by atoms with Crippen molar-refractivity contribution < 1.29 is 9.59 Å². The summed E-state index contributed by atoms with van der Waals surface area (Å²) in [6.45, 7) is 14.6. The van der Waals surface area contributed by atoms with E-state index in [9.17, 15) is 5.11 Å². The zero-order chi connectivity index (χ0) is 17.2. The summed E-state index contributed by atoms with van der Waals surface area (Å²) in [5, 5.41) is 12.4. The minimum Gasteiger partial charge on any atom is -0.872 e. The van der Waals surface area contributed by atoms with Gasteiger partial charge in [0.1, 0.15) is 0 Å². The lowest BCUT2D eigenvalue weighted by molar-refractivity contribution is -0.849. The minimum atomic E-state index is -0.0803. The Labute approximate surface area is 132 Å². The molecule has 0 aromatic heterocycles. The number of rotatable bonds is 0. The smallest absolute Gasteiger partial charge is 0.0675 e. The van der Waals surface area contributed by atoms with E-state index in [0.717, 1.165) is 15.6 Å². The van der Waals surface area contributed by atoms with E-state index in [1.165, 1.54) is 5.56 Å². The van der Waals surface area contributed by atoms with Crippen LogP contribution in [-0.2, 0) is 10.8 Å². The number of nitrogens with zero attached hydrogens (tertiary/aromatic N) is 1. The highest BCUT2D eigenvalue weighted by atomic mass is 16.3. The van der Waals surface area contributed by atoms with Gasteiger partial charge in [-0.15, -0.1) is 5.75 Å². The van der Waals surface area contributed by atoms with Crippen LogP contribution in [0.1, 0.15) is 58.2 Å². The fourth-order valence-corrected chi connectivity index (χ4v) is 1.89. The van der Waals surface area contributed by atoms with E-state index in [1.807, 2.05) is 12.1 Å². The number of benzene rings is 1. The van der Waals surface area contributed by atoms with E-state index in [-0.39, 0.29) is 16.6 Å². The van der Waals surface area contributed by atoms with Crippen molar-refractivity contribution in [3.8, 4) is 5.75 Å². The Kier molecular flexibility index (Phi) is 6.08. The van der Waals surface area contributed by atoms with Gasteiger partial charge in [-0.05, 0) is 28.9 Å². The van der Waals surface area contributed by atoms with Crippen molar-refractivity contribution in [3.63, 3.8) is 0 Å². The van der Waals surface area contributed by atoms with Gasteiger partial charge in [0.2, 0.25) is 0 Å². The normalized spacial score (nSPS) is 12.7. The van der Waals surface area contributed by atoms with E-state index >= 15 is 0 Å². The van der Waals surface area contributed by atoms with Crippen LogP contribution in [0.3, 0.4) is 0 Å². The molecule has 21 heavy (non-hydrogen) atoms. The molecule has 2 nitrogen and oxygen atoms in total. The van der Waals surface area contributed by atoms with Crippen LogP contribution >= 0.6 is 0 Å². The Bertz CT molecular complexity index is 427. The molecule has 0 saturated carbocycles. The second-order valence-electron chi connectivity index (χ2n) is 9.37. The summed E-state index contributed by atoms with van der Waals surface area (Å²) in [7, 11) is 8.50. The minimum absolute atomic E-state index is 0.0803. The van der Waals surface area contributed by atoms with Crippen LogP contribution < -0.4 is 5.11 Å². The average molecular weight is 293 g/mol. The predicted molar refractivity (Wildman–Crippen MR) is 92.0 cm³/mol. The van der Waals surface area contributed by atoms with Crippen LogP contribution in [0.4, 0.5) is 0 Å². The predicted octanol–water partition coefficient (Wildman–Crippen LogP) is 3.99. The number of quaternary nitrogens is 1. The number of aryl methyl sites for hydroxylation is 1. The van der Waals surface area contributed by atoms with Crippen molar-refractivity contribution in [1.29, 1.82) is 0 Å². The van der Waals surface area contributed by atoms with Crippen LogP contribution in [0.2, 0.25) is 0 Å². The molecular formula is C19H35NO. The van der Waals surface area contributed by atoms with Gasteiger partial charge in [0, 0.05) is 0 Å². The molecule has 0 radical (unpaired) electrons. The first-order valence-electron chi connectivity index (χ1n) is 7.65. The fraction of sp³-hybridized carbons (Fsp3) is 0.684. The Balaban J connectivity index is 0.000000690. The summed E-state index contributed by atoms with van der Waals surface area (Å²) < 4.78 is 1.00. The molecule has 0 amide bonds. The molecular weight excluding hydrogens is 258 g/mol. The standard InChI is InChI=1S/C15H24O.C4H12N/c1-10-8-11(14(2,3)4)13(16)12(9-10)15(5,6)7;1-5(2,3)4/h8-9,16H,1-7H3;1-4H3/q;+1/p-1. The van der Waals surface area contributed by atoms with Gasteiger partial charge in [-0.25, -0.2) is 0 Å². The first kappa shape index (κ1) is 20.0. The quantitative estimate of drug-likeness (QED) is 0.663. The highest BCUT2D eigenvalue weighted by molar-refractivity contribution is 5.48. The first-order chi connectivity index (χ1) is 9.03. The molecule has 0 fully saturated rings. The van der Waals surface area contributed by atoms with Gasteiger partial charge >= 0.3 is 0 Å². The molecule has 0 aliphatic carbocycles. The second-order valence-corrected chi connectivity index (χ2v) is 9.37. The fourth-order valence-electron chi connectivity index (χ4n) is 1.89. The first-order valence-corrected chi connectivity index (χ1v) is 7.65. The Hall–Kier alpha value is -1.02. The third kappa shape index (κ3) is 7.52. The molecule has 0 heterocycles. The van der Waals surface area contributed by atoms with Gasteiger partial charge in [-0.3, -0.25) is 0 Å². The average Bonchev–Trinajstić information content (AvgIpc) is 2.15. The molecule has 1 aromatic carbocycles. The molecule has 2 heteroatoms. The van der Waals surface area contributed by atoms with E-state index < -0.39 is 0 Å². The van der Waals surface area contributed by atoms with Gasteiger partial charge in [-0.1, -0.05) is 59.2 Å². The maximum Gasteiger partial charge on any atom is 0.0675 e. The summed E-state index contributed by atoms with van der Waals surface area (Å²) in [6, 6.07) is 4.05. The third-order valence-electron chi connectivity index (χ3n) is 2.85. The molecule has 0 aliphatic heterocycles. The number of hydrogen-bond donors (Lipinski definition) is 0. The molecule has 0 N–H and O–H groups in total. The topological polar surface area (TPSA) is 23.1 Å². The largest absolute Gasteiger partial charge is 0.872 e. The Morgan fingerprint density at radius 1 is 0.762 bits per heavy atom. The van der Waals surface area contributed by atoms with E-state index in [2.05, 4.69) is 76.7 Å². The monoisotopic (exact) mass is 293 g/mol. The van der Waals surface area contributed by atoms with Crippen molar-refractivity contribution in [2.45, 2.75) is 59.3 Å². The Morgan fingerprint density at radius 2 is 1.00 bits per heavy atom. The molecule has 122 valence electrons. The molecule has 0 aliphatic rings. The van der Waals surface area contributed by atoms with Gasteiger partial charge in [-0.2, -0.15) is 0 Å². The van der Waals surface area contributed by atoms with Crippen LogP contribution in [0, 0.1) is 6.92 Å². The summed E-state index contributed by atoms with van der Waals surface area (Å²) in [5.41, 5.74) is 2.87. The van der Waals surface area contributed by atoms with Crippen molar-refractivity contribution in [2.24, 2.45) is 0 Å². The lowest BCUT2D eigenvalue weighted by atomic mass is 9.78. The van der Waals surface area contributed by atoms with E-state index in [1.54, 1.807) is 0 Å². The molecule has 0 saturated heterocycles. The summed E-state index contributed by atoms with van der Waals surface area (Å²) in [4.78, 5) is 0. The third-order valence-corrected chi connectivity index (χ3v) is 2.85. The van der Waals surface area contributed by atoms with E-state index in [4.69, 9.17) is 0 Å². The molecule has 0 unspecified atom stereocenters. The lowest BCUT2D eigenvalue weighted by Crippen LogP contribution is -2.27. The molecule has 1 rings (SSSR count). The summed E-state index contributed by atoms with van der Waals surface area (Å²) >= 11 is 0. The van der Waals surface area contributed by atoms with Gasteiger partial charge in [0.15, 0.2) is 0 Å². The molecule has 1 aromatic rings. The summed E-state index contributed by atoms with van der Waals surface area (Å²) in [5.74, 6) is 0.214. The van der Waals surface area contributed by atoms with Crippen molar-refractivity contribution in [3.05, 3.63) is 28.8 Å². The van der Waals surface area contributed by atoms with E-state index in [0.29, 0.717) is 0 Å². The molecule has 0 spiro atoms. The maximum atomic E-state index is 12.4. The molecule has 0 bridgehead atoms. The zero-order valence-corrected chi connectivity index (χ0v) is 16.0. The van der Waals surface area contributed by atoms with Crippen molar-refractivity contribution in [2.75, 3.05) is 28.2 Å².